The van der Waals surface area contributed by atoms with Gasteiger partial charge in [-0.15, -0.1) is 0 Å². The van der Waals surface area contributed by atoms with Crippen LogP contribution >= 0.6 is 11.6 Å². The number of nitro groups is 1. The molecule has 1 amide bonds. The number of ether oxygens (including phenoxy) is 1. The van der Waals surface area contributed by atoms with Gasteiger partial charge >= 0.3 is 0 Å². The van der Waals surface area contributed by atoms with Crippen molar-refractivity contribution in [1.29, 1.82) is 0 Å². The number of halogens is 1. The normalized spacial score (nSPS) is 14.8. The van der Waals surface area contributed by atoms with Gasteiger partial charge in [0.25, 0.3) is 22.5 Å². The summed E-state index contributed by atoms with van der Waals surface area (Å²) in [5.41, 5.74) is 1.12. The topological polar surface area (TPSA) is 140 Å². The van der Waals surface area contributed by atoms with E-state index in [9.17, 15) is 23.3 Å². The minimum Gasteiger partial charge on any atom is -0.496 e. The van der Waals surface area contributed by atoms with Gasteiger partial charge in [-0.2, -0.15) is 0 Å². The first-order valence-corrected chi connectivity index (χ1v) is 13.5. The molecule has 1 aliphatic rings. The van der Waals surface area contributed by atoms with Crippen molar-refractivity contribution in [3.8, 4) is 5.75 Å². The maximum absolute atomic E-state index is 12.8. The first-order chi connectivity index (χ1) is 17.2. The quantitative estimate of drug-likeness (QED) is 0.206. The molecular formula is C24H29ClN4O6S. The van der Waals surface area contributed by atoms with Gasteiger partial charge in [0.2, 0.25) is 0 Å². The predicted molar refractivity (Wildman–Crippen MR) is 137 cm³/mol. The van der Waals surface area contributed by atoms with Gasteiger partial charge in [-0.05, 0) is 55.2 Å². The fourth-order valence-corrected chi connectivity index (χ4v) is 5.19. The van der Waals surface area contributed by atoms with Crippen molar-refractivity contribution < 1.29 is 22.9 Å². The number of hydrogen-bond donors (Lipinski definition) is 2. The molecule has 0 aromatic heterocycles. The van der Waals surface area contributed by atoms with Crippen molar-refractivity contribution in [3.05, 3.63) is 68.7 Å². The Labute approximate surface area is 215 Å². The van der Waals surface area contributed by atoms with Crippen molar-refractivity contribution in [2.75, 3.05) is 20.2 Å². The van der Waals surface area contributed by atoms with Gasteiger partial charge < -0.3 is 10.1 Å². The summed E-state index contributed by atoms with van der Waals surface area (Å²) in [4.78, 5) is 27.2. The second-order valence-corrected chi connectivity index (χ2v) is 10.6. The summed E-state index contributed by atoms with van der Waals surface area (Å²) in [5.74, 6) is -0.0918. The van der Waals surface area contributed by atoms with Crippen molar-refractivity contribution in [2.24, 2.45) is 4.99 Å². The minimum atomic E-state index is -4.04. The van der Waals surface area contributed by atoms with E-state index in [1.54, 1.807) is 24.3 Å². The fraction of sp³-hybridized carbons (Fsp3) is 0.417. The highest BCUT2D eigenvalue weighted by Crippen LogP contribution is 2.23. The van der Waals surface area contributed by atoms with Crippen molar-refractivity contribution in [2.45, 2.75) is 49.5 Å². The number of aliphatic imine (C=N–C) groups is 1. The van der Waals surface area contributed by atoms with Gasteiger partial charge in [0.15, 0.2) is 5.84 Å². The molecule has 0 aliphatic heterocycles. The second-order valence-electron chi connectivity index (χ2n) is 8.46. The Morgan fingerprint density at radius 1 is 1.17 bits per heavy atom. The van der Waals surface area contributed by atoms with Crippen LogP contribution in [0.5, 0.6) is 5.75 Å². The van der Waals surface area contributed by atoms with E-state index in [0.29, 0.717) is 29.3 Å². The number of amidine groups is 1. The van der Waals surface area contributed by atoms with Crippen LogP contribution in [0.15, 0.2) is 52.4 Å². The summed E-state index contributed by atoms with van der Waals surface area (Å²) in [5, 5.41) is 14.3. The van der Waals surface area contributed by atoms with Crippen molar-refractivity contribution >= 4 is 33.4 Å². The summed E-state index contributed by atoms with van der Waals surface area (Å²) >= 11 is 5.97. The van der Waals surface area contributed by atoms with Gasteiger partial charge in [0, 0.05) is 16.5 Å². The summed E-state index contributed by atoms with van der Waals surface area (Å²) in [7, 11) is -2.57. The Kier molecular flexibility index (Phi) is 9.65. The highest BCUT2D eigenvalue weighted by Gasteiger charge is 2.22. The first kappa shape index (κ1) is 27.4. The molecule has 2 aromatic carbocycles. The van der Waals surface area contributed by atoms with Crippen LogP contribution in [0.1, 0.15) is 48.0 Å². The molecule has 0 saturated heterocycles. The zero-order valence-electron chi connectivity index (χ0n) is 19.9. The van der Waals surface area contributed by atoms with E-state index >= 15 is 0 Å². The van der Waals surface area contributed by atoms with Crippen LogP contribution in [-0.4, -0.2) is 51.3 Å². The molecule has 0 unspecified atom stereocenters. The SMILES string of the molecule is COc1ccc(Cl)cc1C(=O)NCCc1ccc(S(=O)(=O)NC(C[N+](=O)[O-])=NC2CCCCC2)cc1. The van der Waals surface area contributed by atoms with Gasteiger partial charge in [0.05, 0.1) is 23.6 Å². The maximum atomic E-state index is 12.8. The minimum absolute atomic E-state index is 0.0290. The molecule has 12 heteroatoms. The summed E-state index contributed by atoms with van der Waals surface area (Å²) in [6.45, 7) is -0.384. The number of nitrogens with zero attached hydrogens (tertiary/aromatic N) is 2. The lowest BCUT2D eigenvalue weighted by Crippen LogP contribution is -2.36. The highest BCUT2D eigenvalue weighted by atomic mass is 35.5. The number of methoxy groups -OCH3 is 1. The third-order valence-electron chi connectivity index (χ3n) is 5.78. The Morgan fingerprint density at radius 2 is 1.86 bits per heavy atom. The Hall–Kier alpha value is -3.18. The molecular weight excluding hydrogens is 508 g/mol. The van der Waals surface area contributed by atoms with Gasteiger partial charge in [0.1, 0.15) is 5.75 Å². The number of sulfonamides is 1. The molecule has 0 radical (unpaired) electrons. The predicted octanol–water partition coefficient (Wildman–Crippen LogP) is 3.61. The lowest BCUT2D eigenvalue weighted by molar-refractivity contribution is -0.463. The molecule has 0 heterocycles. The number of amides is 1. The van der Waals surface area contributed by atoms with E-state index in [1.165, 1.54) is 25.3 Å². The maximum Gasteiger partial charge on any atom is 0.262 e. The van der Waals surface area contributed by atoms with Crippen LogP contribution in [0.2, 0.25) is 5.02 Å². The van der Waals surface area contributed by atoms with Crippen LogP contribution in [0, 0.1) is 10.1 Å². The third kappa shape index (κ3) is 7.92. The molecule has 194 valence electrons. The van der Waals surface area contributed by atoms with Gasteiger partial charge in [-0.1, -0.05) is 43.0 Å². The third-order valence-corrected chi connectivity index (χ3v) is 7.42. The molecule has 0 atom stereocenters. The smallest absolute Gasteiger partial charge is 0.262 e. The number of carbonyl (C=O) groups excluding carboxylic acids is 1. The van der Waals surface area contributed by atoms with Crippen LogP contribution in [0.4, 0.5) is 0 Å². The molecule has 36 heavy (non-hydrogen) atoms. The molecule has 10 nitrogen and oxygen atoms in total. The number of carbonyl (C=O) groups is 1. The lowest BCUT2D eigenvalue weighted by Gasteiger charge is -2.19. The second kappa shape index (κ2) is 12.7. The van der Waals surface area contributed by atoms with E-state index in [1.807, 2.05) is 0 Å². The molecule has 3 rings (SSSR count). The molecule has 1 fully saturated rings. The fourth-order valence-electron chi connectivity index (χ4n) is 3.97. The van der Waals surface area contributed by atoms with Gasteiger partial charge in [-0.3, -0.25) is 24.6 Å². The van der Waals surface area contributed by atoms with Crippen molar-refractivity contribution in [1.82, 2.24) is 10.0 Å². The number of hydrogen-bond acceptors (Lipinski definition) is 7. The number of rotatable bonds is 10. The molecule has 1 aliphatic carbocycles. The molecule has 0 spiro atoms. The summed E-state index contributed by atoms with van der Waals surface area (Å²) < 4.78 is 33.2. The zero-order chi connectivity index (χ0) is 26.1. The first-order valence-electron chi connectivity index (χ1n) is 11.6. The molecule has 2 N–H and O–H groups in total. The number of nitrogens with one attached hydrogen (secondary N) is 2. The standard InChI is InChI=1S/C24H29ClN4O6S/c1-35-22-12-9-18(25)15-21(22)24(30)26-14-13-17-7-10-20(11-8-17)36(33,34)28-23(16-29(31)32)27-19-5-3-2-4-6-19/h7-12,15,19H,2-6,13-14,16H2,1H3,(H,26,30)(H,27,28). The molecule has 2 aromatic rings. The Balaban J connectivity index is 1.61. The van der Waals surface area contributed by atoms with Crippen LogP contribution in [0.25, 0.3) is 0 Å². The van der Waals surface area contributed by atoms with Crippen molar-refractivity contribution in [3.63, 3.8) is 0 Å². The van der Waals surface area contributed by atoms with E-state index in [4.69, 9.17) is 16.3 Å². The van der Waals surface area contributed by atoms with E-state index < -0.39 is 21.5 Å². The van der Waals surface area contributed by atoms with Gasteiger partial charge in [-0.25, -0.2) is 8.42 Å². The Bertz CT molecular complexity index is 1210. The number of benzene rings is 2. The summed E-state index contributed by atoms with van der Waals surface area (Å²) in [6.07, 6.45) is 5.07. The molecule has 0 bridgehead atoms. The Morgan fingerprint density at radius 3 is 2.50 bits per heavy atom. The average Bonchev–Trinajstić information content (AvgIpc) is 2.84. The van der Waals surface area contributed by atoms with Crippen LogP contribution < -0.4 is 14.8 Å². The lowest BCUT2D eigenvalue weighted by atomic mass is 9.96. The highest BCUT2D eigenvalue weighted by molar-refractivity contribution is 7.90. The average molecular weight is 537 g/mol. The summed E-state index contributed by atoms with van der Waals surface area (Å²) in [6, 6.07) is 10.8. The van der Waals surface area contributed by atoms with Crippen LogP contribution in [-0.2, 0) is 16.4 Å². The zero-order valence-corrected chi connectivity index (χ0v) is 21.5. The molecule has 1 saturated carbocycles. The van der Waals surface area contributed by atoms with Crippen LogP contribution in [0.3, 0.4) is 0 Å². The largest absolute Gasteiger partial charge is 0.496 e. The van der Waals surface area contributed by atoms with E-state index in [2.05, 4.69) is 15.0 Å². The van der Waals surface area contributed by atoms with E-state index in [-0.39, 0.29) is 22.7 Å². The monoisotopic (exact) mass is 536 g/mol. The van der Waals surface area contributed by atoms with E-state index in [0.717, 1.165) is 37.7 Å².